The molecule has 0 bridgehead atoms. The quantitative estimate of drug-likeness (QED) is 0.485. The largest absolute Gasteiger partial charge is 0.481 e. The Hall–Kier alpha value is -1.79. The van der Waals surface area contributed by atoms with Crippen molar-refractivity contribution in [3.05, 3.63) is 0 Å². The smallest absolute Gasteiger partial charge is 0.315 e. The third-order valence-electron chi connectivity index (χ3n) is 2.44. The number of hydrogen-bond acceptors (Lipinski definition) is 3. The average molecular weight is 273 g/mol. The van der Waals surface area contributed by atoms with Crippen LogP contribution in [-0.4, -0.2) is 42.6 Å². The molecule has 1 unspecified atom stereocenters. The van der Waals surface area contributed by atoms with Crippen molar-refractivity contribution in [2.24, 2.45) is 5.92 Å². The Bertz CT molecular complexity index is 307. The van der Waals surface area contributed by atoms with Crippen LogP contribution in [-0.2, 0) is 9.59 Å². The van der Waals surface area contributed by atoms with Crippen molar-refractivity contribution in [3.8, 4) is 0 Å². The normalized spacial score (nSPS) is 11.5. The lowest BCUT2D eigenvalue weighted by Gasteiger charge is -2.12. The Balaban J connectivity index is 3.63. The molecular weight excluding hydrogens is 250 g/mol. The number of amides is 3. The van der Waals surface area contributed by atoms with Gasteiger partial charge in [0.25, 0.3) is 0 Å². The van der Waals surface area contributed by atoms with Crippen LogP contribution in [0.15, 0.2) is 0 Å². The fraction of sp³-hybridized carbons (Fsp3) is 0.750. The topological polar surface area (TPSA) is 108 Å². The molecule has 7 heteroatoms. The minimum atomic E-state index is -0.844. The number of urea groups is 1. The summed E-state index contributed by atoms with van der Waals surface area (Å²) in [5, 5.41) is 16.2. The van der Waals surface area contributed by atoms with Gasteiger partial charge in [-0.3, -0.25) is 9.59 Å². The van der Waals surface area contributed by atoms with Crippen LogP contribution in [0, 0.1) is 5.92 Å². The van der Waals surface area contributed by atoms with E-state index in [1.54, 1.807) is 0 Å². The van der Waals surface area contributed by atoms with Crippen molar-refractivity contribution in [3.63, 3.8) is 0 Å². The van der Waals surface area contributed by atoms with Crippen molar-refractivity contribution in [2.45, 2.75) is 33.1 Å². The minimum absolute atomic E-state index is 0.0602. The molecule has 3 amide bonds. The molecule has 0 aliphatic heterocycles. The van der Waals surface area contributed by atoms with Gasteiger partial charge < -0.3 is 21.1 Å². The summed E-state index contributed by atoms with van der Waals surface area (Å²) in [4.78, 5) is 32.9. The molecule has 1 atom stereocenters. The number of carbonyl (C=O) groups excluding carboxylic acids is 2. The Kier molecular flexibility index (Phi) is 9.20. The summed E-state index contributed by atoms with van der Waals surface area (Å²) in [6, 6.07) is -0.422. The second-order valence-corrected chi connectivity index (χ2v) is 4.45. The molecule has 0 spiro atoms. The van der Waals surface area contributed by atoms with Gasteiger partial charge in [0.1, 0.15) is 0 Å². The molecule has 0 rings (SSSR count). The lowest BCUT2D eigenvalue weighted by Crippen LogP contribution is -2.43. The highest BCUT2D eigenvalue weighted by Gasteiger charge is 2.08. The van der Waals surface area contributed by atoms with E-state index in [1.807, 2.05) is 13.8 Å². The molecule has 0 aliphatic carbocycles. The van der Waals surface area contributed by atoms with Crippen molar-refractivity contribution in [1.29, 1.82) is 0 Å². The fourth-order valence-electron chi connectivity index (χ4n) is 1.29. The van der Waals surface area contributed by atoms with E-state index in [-0.39, 0.29) is 24.8 Å². The molecule has 0 aromatic rings. The molecule has 0 radical (unpaired) electrons. The van der Waals surface area contributed by atoms with E-state index in [0.29, 0.717) is 19.5 Å². The van der Waals surface area contributed by atoms with E-state index < -0.39 is 12.0 Å². The summed E-state index contributed by atoms with van der Waals surface area (Å²) in [5.74, 6) is -0.990. The number of rotatable bonds is 9. The van der Waals surface area contributed by atoms with E-state index in [1.165, 1.54) is 0 Å². The highest BCUT2D eigenvalue weighted by molar-refractivity contribution is 5.83. The molecule has 0 heterocycles. The van der Waals surface area contributed by atoms with E-state index in [2.05, 4.69) is 16.0 Å². The van der Waals surface area contributed by atoms with Crippen LogP contribution in [0.3, 0.4) is 0 Å². The maximum atomic E-state index is 11.3. The van der Waals surface area contributed by atoms with E-state index in [0.717, 1.165) is 6.42 Å². The van der Waals surface area contributed by atoms with Gasteiger partial charge in [-0.15, -0.1) is 0 Å². The Labute approximate surface area is 113 Å². The summed E-state index contributed by atoms with van der Waals surface area (Å²) in [5.41, 5.74) is 0. The van der Waals surface area contributed by atoms with Crippen molar-refractivity contribution in [2.75, 3.05) is 19.6 Å². The maximum absolute atomic E-state index is 11.3. The number of carboxylic acid groups (broad SMARTS) is 1. The molecule has 7 nitrogen and oxygen atoms in total. The van der Waals surface area contributed by atoms with Crippen LogP contribution in [0.5, 0.6) is 0 Å². The van der Waals surface area contributed by atoms with Gasteiger partial charge in [-0.05, 0) is 18.8 Å². The van der Waals surface area contributed by atoms with Crippen LogP contribution < -0.4 is 16.0 Å². The Morgan fingerprint density at radius 3 is 2.42 bits per heavy atom. The Morgan fingerprint density at radius 2 is 1.84 bits per heavy atom. The zero-order valence-electron chi connectivity index (χ0n) is 11.5. The summed E-state index contributed by atoms with van der Waals surface area (Å²) < 4.78 is 0. The van der Waals surface area contributed by atoms with Gasteiger partial charge in [0, 0.05) is 19.5 Å². The van der Waals surface area contributed by atoms with Crippen molar-refractivity contribution >= 4 is 17.9 Å². The monoisotopic (exact) mass is 273 g/mol. The second-order valence-electron chi connectivity index (χ2n) is 4.45. The Morgan fingerprint density at radius 1 is 1.16 bits per heavy atom. The highest BCUT2D eigenvalue weighted by atomic mass is 16.4. The zero-order valence-corrected chi connectivity index (χ0v) is 11.5. The second kappa shape index (κ2) is 10.2. The molecule has 0 aromatic heterocycles. The molecule has 19 heavy (non-hydrogen) atoms. The first kappa shape index (κ1) is 17.2. The van der Waals surface area contributed by atoms with E-state index in [9.17, 15) is 14.4 Å². The van der Waals surface area contributed by atoms with E-state index >= 15 is 0 Å². The standard InChI is InChI=1S/C12H23N3O4/c1-3-6-13-10(16)8-15-12(19)14-7-9(2)4-5-11(17)18/h9H,3-8H2,1-2H3,(H,13,16)(H,17,18)(H2,14,15,19). The lowest BCUT2D eigenvalue weighted by atomic mass is 10.1. The first-order valence-corrected chi connectivity index (χ1v) is 6.45. The zero-order chi connectivity index (χ0) is 14.7. The summed E-state index contributed by atoms with van der Waals surface area (Å²) in [6.45, 7) is 4.72. The van der Waals surface area contributed by atoms with Crippen LogP contribution in [0.25, 0.3) is 0 Å². The van der Waals surface area contributed by atoms with Gasteiger partial charge in [0.15, 0.2) is 0 Å². The van der Waals surface area contributed by atoms with Crippen LogP contribution >= 0.6 is 0 Å². The molecule has 110 valence electrons. The molecule has 0 saturated carbocycles. The van der Waals surface area contributed by atoms with Crippen LogP contribution in [0.4, 0.5) is 4.79 Å². The predicted molar refractivity (Wildman–Crippen MR) is 70.7 cm³/mol. The van der Waals surface area contributed by atoms with Gasteiger partial charge in [-0.2, -0.15) is 0 Å². The first-order chi connectivity index (χ1) is 8.95. The van der Waals surface area contributed by atoms with Crippen LogP contribution in [0.1, 0.15) is 33.1 Å². The molecule has 4 N–H and O–H groups in total. The highest BCUT2D eigenvalue weighted by Crippen LogP contribution is 2.03. The lowest BCUT2D eigenvalue weighted by molar-refractivity contribution is -0.137. The third-order valence-corrected chi connectivity index (χ3v) is 2.44. The number of carbonyl (C=O) groups is 3. The van der Waals surface area contributed by atoms with Gasteiger partial charge in [-0.1, -0.05) is 13.8 Å². The van der Waals surface area contributed by atoms with Gasteiger partial charge >= 0.3 is 12.0 Å². The summed E-state index contributed by atoms with van der Waals surface area (Å²) in [6.07, 6.45) is 1.44. The molecule has 0 aromatic carbocycles. The predicted octanol–water partition coefficient (Wildman–Crippen LogP) is 0.313. The molecular formula is C12H23N3O4. The van der Waals surface area contributed by atoms with Gasteiger partial charge in [-0.25, -0.2) is 4.79 Å². The van der Waals surface area contributed by atoms with Gasteiger partial charge in [0.2, 0.25) is 5.91 Å². The maximum Gasteiger partial charge on any atom is 0.315 e. The number of hydrogen-bond donors (Lipinski definition) is 4. The molecule has 0 aliphatic rings. The summed E-state index contributed by atoms with van der Waals surface area (Å²) in [7, 11) is 0. The molecule has 0 fully saturated rings. The SMILES string of the molecule is CCCNC(=O)CNC(=O)NCC(C)CCC(=O)O. The minimum Gasteiger partial charge on any atom is -0.481 e. The average Bonchev–Trinajstić information content (AvgIpc) is 2.37. The van der Waals surface area contributed by atoms with Crippen LogP contribution in [0.2, 0.25) is 0 Å². The first-order valence-electron chi connectivity index (χ1n) is 6.45. The number of carboxylic acids is 1. The molecule has 0 saturated heterocycles. The fourth-order valence-corrected chi connectivity index (χ4v) is 1.29. The van der Waals surface area contributed by atoms with Crippen molar-refractivity contribution < 1.29 is 19.5 Å². The van der Waals surface area contributed by atoms with E-state index in [4.69, 9.17) is 5.11 Å². The number of aliphatic carboxylic acids is 1. The number of nitrogens with one attached hydrogen (secondary N) is 3. The van der Waals surface area contributed by atoms with Gasteiger partial charge in [0.05, 0.1) is 6.54 Å². The third kappa shape index (κ3) is 11.1. The summed E-state index contributed by atoms with van der Waals surface area (Å²) >= 11 is 0. The van der Waals surface area contributed by atoms with Crippen molar-refractivity contribution in [1.82, 2.24) is 16.0 Å².